The van der Waals surface area contributed by atoms with Gasteiger partial charge in [-0.2, -0.15) is 4.31 Å². The van der Waals surface area contributed by atoms with Crippen molar-refractivity contribution in [3.63, 3.8) is 0 Å². The van der Waals surface area contributed by atoms with Crippen molar-refractivity contribution in [1.82, 2.24) is 4.31 Å². The van der Waals surface area contributed by atoms with Gasteiger partial charge in [0.25, 0.3) is 5.91 Å². The van der Waals surface area contributed by atoms with E-state index in [0.717, 1.165) is 19.2 Å². The van der Waals surface area contributed by atoms with Crippen molar-refractivity contribution in [2.45, 2.75) is 43.7 Å². The molecule has 0 radical (unpaired) electrons. The topological polar surface area (TPSA) is 74.8 Å². The van der Waals surface area contributed by atoms with Gasteiger partial charge in [0, 0.05) is 9.11 Å². The highest BCUT2D eigenvalue weighted by Crippen LogP contribution is 2.35. The van der Waals surface area contributed by atoms with E-state index < -0.39 is 33.4 Å². The van der Waals surface area contributed by atoms with E-state index in [1.54, 1.807) is 63.2 Å². The fourth-order valence-corrected chi connectivity index (χ4v) is 6.42. The Morgan fingerprint density at radius 2 is 1.56 bits per heavy atom. The molecule has 1 fully saturated rings. The number of carbonyl (C=O) groups is 2. The molecule has 3 aromatic carbocycles. The standard InChI is InChI=1S/C24H23IN2O4S/c1-24(2,3)27(32(30,31)20-13-8-16-6-4-5-7-17(16)14-20)21-15-22(28)26(23(21)29)19-11-9-18(25)10-12-19/h4-14,21H,15H2,1-3H3. The van der Waals surface area contributed by atoms with Gasteiger partial charge in [0.1, 0.15) is 6.04 Å². The number of hydrogen-bond donors (Lipinski definition) is 0. The third kappa shape index (κ3) is 4.06. The predicted octanol–water partition coefficient (Wildman–Crippen LogP) is 4.57. The molecular weight excluding hydrogens is 539 g/mol. The summed E-state index contributed by atoms with van der Waals surface area (Å²) in [6.07, 6.45) is -0.200. The molecule has 1 saturated heterocycles. The first-order valence-electron chi connectivity index (χ1n) is 10.2. The molecule has 1 heterocycles. The van der Waals surface area contributed by atoms with Crippen LogP contribution in [0.25, 0.3) is 10.8 Å². The van der Waals surface area contributed by atoms with Crippen molar-refractivity contribution < 1.29 is 18.0 Å². The molecule has 0 aromatic heterocycles. The zero-order valence-corrected chi connectivity index (χ0v) is 20.9. The minimum absolute atomic E-state index is 0.0964. The van der Waals surface area contributed by atoms with E-state index >= 15 is 0 Å². The molecule has 0 bridgehead atoms. The van der Waals surface area contributed by atoms with Crippen LogP contribution < -0.4 is 4.90 Å². The maximum atomic E-state index is 13.8. The smallest absolute Gasteiger partial charge is 0.252 e. The summed E-state index contributed by atoms with van der Waals surface area (Å²) >= 11 is 2.14. The van der Waals surface area contributed by atoms with E-state index in [-0.39, 0.29) is 11.3 Å². The highest BCUT2D eigenvalue weighted by atomic mass is 127. The van der Waals surface area contributed by atoms with Crippen molar-refractivity contribution in [2.24, 2.45) is 0 Å². The van der Waals surface area contributed by atoms with E-state index in [0.29, 0.717) is 5.69 Å². The summed E-state index contributed by atoms with van der Waals surface area (Å²) in [6, 6.07) is 18.3. The Bertz CT molecular complexity index is 1310. The Hall–Kier alpha value is -2.30. The van der Waals surface area contributed by atoms with E-state index in [9.17, 15) is 18.0 Å². The molecular formula is C24H23IN2O4S. The van der Waals surface area contributed by atoms with Gasteiger partial charge in [0.05, 0.1) is 17.0 Å². The first kappa shape index (κ1) is 22.9. The molecule has 1 aliphatic rings. The number of halogens is 1. The number of sulfonamides is 1. The van der Waals surface area contributed by atoms with Crippen LogP contribution in [0.3, 0.4) is 0 Å². The average molecular weight is 562 g/mol. The van der Waals surface area contributed by atoms with Crippen LogP contribution in [0.2, 0.25) is 0 Å². The van der Waals surface area contributed by atoms with Gasteiger partial charge in [-0.15, -0.1) is 0 Å². The molecule has 0 aliphatic carbocycles. The maximum absolute atomic E-state index is 13.8. The van der Waals surface area contributed by atoms with Gasteiger partial charge in [-0.05, 0) is 90.5 Å². The van der Waals surface area contributed by atoms with Gasteiger partial charge in [0.15, 0.2) is 0 Å². The predicted molar refractivity (Wildman–Crippen MR) is 133 cm³/mol. The van der Waals surface area contributed by atoms with Gasteiger partial charge < -0.3 is 0 Å². The van der Waals surface area contributed by atoms with Crippen LogP contribution in [0.5, 0.6) is 0 Å². The fraction of sp³-hybridized carbons (Fsp3) is 0.250. The van der Waals surface area contributed by atoms with Crippen molar-refractivity contribution in [3.8, 4) is 0 Å². The molecule has 4 rings (SSSR count). The number of rotatable bonds is 4. The second-order valence-corrected chi connectivity index (χ2v) is 11.8. The molecule has 3 aromatic rings. The third-order valence-electron chi connectivity index (χ3n) is 5.43. The molecule has 32 heavy (non-hydrogen) atoms. The minimum Gasteiger partial charge on any atom is -0.274 e. The lowest BCUT2D eigenvalue weighted by molar-refractivity contribution is -0.122. The molecule has 6 nitrogen and oxygen atoms in total. The highest BCUT2D eigenvalue weighted by Gasteiger charge is 2.50. The summed E-state index contributed by atoms with van der Waals surface area (Å²) < 4.78 is 29.7. The van der Waals surface area contributed by atoms with Crippen LogP contribution in [-0.4, -0.2) is 36.1 Å². The molecule has 0 saturated carbocycles. The fourth-order valence-electron chi connectivity index (χ4n) is 4.10. The molecule has 2 amide bonds. The lowest BCUT2D eigenvalue weighted by Gasteiger charge is -2.37. The Balaban J connectivity index is 1.77. The quantitative estimate of drug-likeness (QED) is 0.345. The Labute approximate surface area is 201 Å². The van der Waals surface area contributed by atoms with Crippen LogP contribution in [0, 0.1) is 3.57 Å². The molecule has 0 spiro atoms. The summed E-state index contributed by atoms with van der Waals surface area (Å²) in [5, 5.41) is 1.71. The van der Waals surface area contributed by atoms with Gasteiger partial charge in [-0.3, -0.25) is 9.59 Å². The minimum atomic E-state index is -4.07. The number of amides is 2. The molecule has 166 valence electrons. The zero-order chi connectivity index (χ0) is 23.3. The largest absolute Gasteiger partial charge is 0.274 e. The van der Waals surface area contributed by atoms with Crippen LogP contribution in [0.15, 0.2) is 71.6 Å². The number of benzene rings is 3. The number of fused-ring (bicyclic) bond motifs is 1. The van der Waals surface area contributed by atoms with Crippen molar-refractivity contribution in [2.75, 3.05) is 4.90 Å². The van der Waals surface area contributed by atoms with Gasteiger partial charge >= 0.3 is 0 Å². The number of anilines is 1. The molecule has 1 atom stereocenters. The van der Waals surface area contributed by atoms with Crippen molar-refractivity contribution in [1.29, 1.82) is 0 Å². The summed E-state index contributed by atoms with van der Waals surface area (Å²) in [4.78, 5) is 27.4. The van der Waals surface area contributed by atoms with E-state index in [1.807, 2.05) is 24.3 Å². The van der Waals surface area contributed by atoms with Crippen LogP contribution in [0.4, 0.5) is 5.69 Å². The van der Waals surface area contributed by atoms with Crippen molar-refractivity contribution >= 4 is 60.9 Å². The molecule has 1 aliphatic heterocycles. The number of carbonyl (C=O) groups excluding carboxylic acids is 2. The van der Waals surface area contributed by atoms with Crippen molar-refractivity contribution in [3.05, 3.63) is 70.3 Å². The lowest BCUT2D eigenvalue weighted by atomic mass is 10.1. The van der Waals surface area contributed by atoms with Crippen LogP contribution in [0.1, 0.15) is 27.2 Å². The van der Waals surface area contributed by atoms with E-state index in [2.05, 4.69) is 22.6 Å². The lowest BCUT2D eigenvalue weighted by Crippen LogP contribution is -2.54. The molecule has 1 unspecified atom stereocenters. The van der Waals surface area contributed by atoms with Gasteiger partial charge in [0.2, 0.25) is 15.9 Å². The first-order valence-corrected chi connectivity index (χ1v) is 12.7. The normalized spacial score (nSPS) is 17.5. The van der Waals surface area contributed by atoms with Gasteiger partial charge in [-0.25, -0.2) is 13.3 Å². The maximum Gasteiger partial charge on any atom is 0.252 e. The monoisotopic (exact) mass is 562 g/mol. The Morgan fingerprint density at radius 3 is 2.19 bits per heavy atom. The number of hydrogen-bond acceptors (Lipinski definition) is 4. The Morgan fingerprint density at radius 1 is 0.938 bits per heavy atom. The van der Waals surface area contributed by atoms with Crippen LogP contribution in [-0.2, 0) is 19.6 Å². The Kier molecular flexibility index (Phi) is 5.89. The summed E-state index contributed by atoms with van der Waals surface area (Å²) in [7, 11) is -4.07. The zero-order valence-electron chi connectivity index (χ0n) is 17.9. The number of nitrogens with zero attached hydrogens (tertiary/aromatic N) is 2. The van der Waals surface area contributed by atoms with E-state index in [4.69, 9.17) is 0 Å². The highest BCUT2D eigenvalue weighted by molar-refractivity contribution is 14.1. The van der Waals surface area contributed by atoms with E-state index in [1.165, 1.54) is 4.31 Å². The third-order valence-corrected chi connectivity index (χ3v) is 8.32. The molecule has 8 heteroatoms. The average Bonchev–Trinajstić information content (AvgIpc) is 3.00. The van der Waals surface area contributed by atoms with Crippen LogP contribution >= 0.6 is 22.6 Å². The summed E-state index contributed by atoms with van der Waals surface area (Å²) in [6.45, 7) is 5.20. The van der Waals surface area contributed by atoms with Gasteiger partial charge in [-0.1, -0.05) is 30.3 Å². The molecule has 0 N–H and O–H groups in total. The second kappa shape index (κ2) is 8.24. The SMILES string of the molecule is CC(C)(C)N(C1CC(=O)N(c2ccc(I)cc2)C1=O)S(=O)(=O)c1ccc2ccccc2c1. The number of imide groups is 1. The first-order chi connectivity index (χ1) is 15.0. The second-order valence-electron chi connectivity index (χ2n) is 8.74. The summed E-state index contributed by atoms with van der Waals surface area (Å²) in [5.74, 6) is -0.945. The summed E-state index contributed by atoms with van der Waals surface area (Å²) in [5.41, 5.74) is -0.479.